The molecule has 2 aliphatic rings. The molecule has 28 heavy (non-hydrogen) atoms. The summed E-state index contributed by atoms with van der Waals surface area (Å²) >= 11 is 0. The normalized spacial score (nSPS) is 21.7. The van der Waals surface area contributed by atoms with Gasteiger partial charge in [0, 0.05) is 30.1 Å². The molecule has 2 atom stereocenters. The monoisotopic (exact) mass is 381 g/mol. The molecule has 2 aromatic rings. The number of hydrogen-bond donors (Lipinski definition) is 1. The first kappa shape index (κ1) is 18.4. The van der Waals surface area contributed by atoms with Gasteiger partial charge in [-0.1, -0.05) is 12.8 Å². The van der Waals surface area contributed by atoms with Gasteiger partial charge in [-0.05, 0) is 37.1 Å². The fourth-order valence-corrected chi connectivity index (χ4v) is 4.19. The molecule has 146 valence electrons. The Kier molecular flexibility index (Phi) is 4.98. The number of nitrogens with zero attached hydrogens (tertiary/aromatic N) is 2. The number of hydrogen-bond acceptors (Lipinski definition) is 5. The number of anilines is 1. The highest BCUT2D eigenvalue weighted by molar-refractivity contribution is 6.05. The molecule has 1 aliphatic carbocycles. The van der Waals surface area contributed by atoms with Crippen LogP contribution in [0, 0.1) is 11.8 Å². The van der Waals surface area contributed by atoms with Crippen molar-refractivity contribution in [2.24, 2.45) is 11.8 Å². The lowest BCUT2D eigenvalue weighted by Gasteiger charge is -2.19. The Morgan fingerprint density at radius 2 is 1.86 bits per heavy atom. The van der Waals surface area contributed by atoms with E-state index < -0.39 is 0 Å². The first-order chi connectivity index (χ1) is 13.6. The van der Waals surface area contributed by atoms with Crippen molar-refractivity contribution >= 4 is 34.3 Å². The minimum atomic E-state index is -0.226. The summed E-state index contributed by atoms with van der Waals surface area (Å²) in [6, 6.07) is 9.05. The van der Waals surface area contributed by atoms with E-state index >= 15 is 0 Å². The summed E-state index contributed by atoms with van der Waals surface area (Å²) in [4.78, 5) is 42.9. The number of carbonyl (C=O) groups is 3. The highest BCUT2D eigenvalue weighted by atomic mass is 16.5. The Morgan fingerprint density at radius 3 is 2.54 bits per heavy atom. The SMILES string of the molecule is COc1ccc2cc(NC(=O)CCN3C(=O)[C@H]4CCCC[C@@H]4C3=O)ccc2n1. The van der Waals surface area contributed by atoms with E-state index in [-0.39, 0.29) is 42.5 Å². The van der Waals surface area contributed by atoms with Gasteiger partial charge in [-0.2, -0.15) is 0 Å². The van der Waals surface area contributed by atoms with Crippen LogP contribution in [-0.4, -0.2) is 41.3 Å². The molecule has 4 rings (SSSR count). The predicted octanol–water partition coefficient (Wildman–Crippen LogP) is 2.75. The topological polar surface area (TPSA) is 88.6 Å². The van der Waals surface area contributed by atoms with Crippen molar-refractivity contribution in [3.8, 4) is 5.88 Å². The fourth-order valence-electron chi connectivity index (χ4n) is 4.19. The molecule has 1 N–H and O–H groups in total. The lowest BCUT2D eigenvalue weighted by Crippen LogP contribution is -2.34. The van der Waals surface area contributed by atoms with Crippen molar-refractivity contribution in [1.29, 1.82) is 0 Å². The quantitative estimate of drug-likeness (QED) is 0.805. The number of rotatable bonds is 5. The first-order valence-electron chi connectivity index (χ1n) is 9.66. The van der Waals surface area contributed by atoms with Gasteiger partial charge in [0.25, 0.3) is 0 Å². The van der Waals surface area contributed by atoms with E-state index in [2.05, 4.69) is 10.3 Å². The molecular formula is C21H23N3O4. The van der Waals surface area contributed by atoms with Crippen LogP contribution in [-0.2, 0) is 14.4 Å². The van der Waals surface area contributed by atoms with Crippen LogP contribution < -0.4 is 10.1 Å². The van der Waals surface area contributed by atoms with Crippen LogP contribution in [0.4, 0.5) is 5.69 Å². The molecule has 2 heterocycles. The summed E-state index contributed by atoms with van der Waals surface area (Å²) in [6.07, 6.45) is 3.66. The number of likely N-dealkylation sites (tertiary alicyclic amines) is 1. The highest BCUT2D eigenvalue weighted by Crippen LogP contribution is 2.38. The molecular weight excluding hydrogens is 358 g/mol. The van der Waals surface area contributed by atoms with Crippen molar-refractivity contribution in [1.82, 2.24) is 9.88 Å². The van der Waals surface area contributed by atoms with Crippen LogP contribution in [0.3, 0.4) is 0 Å². The summed E-state index contributed by atoms with van der Waals surface area (Å²) in [5, 5.41) is 3.71. The van der Waals surface area contributed by atoms with Crippen molar-refractivity contribution in [3.63, 3.8) is 0 Å². The Morgan fingerprint density at radius 1 is 1.14 bits per heavy atom. The third kappa shape index (κ3) is 3.44. The molecule has 2 fully saturated rings. The minimum Gasteiger partial charge on any atom is -0.481 e. The number of fused-ring (bicyclic) bond motifs is 2. The van der Waals surface area contributed by atoms with E-state index in [1.165, 1.54) is 4.90 Å². The maximum Gasteiger partial charge on any atom is 0.233 e. The van der Waals surface area contributed by atoms with E-state index in [4.69, 9.17) is 4.74 Å². The second kappa shape index (κ2) is 7.58. The van der Waals surface area contributed by atoms with Crippen molar-refractivity contribution < 1.29 is 19.1 Å². The zero-order chi connectivity index (χ0) is 19.7. The number of amides is 3. The van der Waals surface area contributed by atoms with E-state index in [9.17, 15) is 14.4 Å². The van der Waals surface area contributed by atoms with Gasteiger partial charge in [0.1, 0.15) is 0 Å². The lowest BCUT2D eigenvalue weighted by molar-refractivity contribution is -0.140. The van der Waals surface area contributed by atoms with Crippen LogP contribution in [0.2, 0.25) is 0 Å². The fraction of sp³-hybridized carbons (Fsp3) is 0.429. The zero-order valence-corrected chi connectivity index (χ0v) is 15.8. The summed E-state index contributed by atoms with van der Waals surface area (Å²) in [6.45, 7) is 0.142. The van der Waals surface area contributed by atoms with Crippen molar-refractivity contribution in [3.05, 3.63) is 30.3 Å². The average molecular weight is 381 g/mol. The van der Waals surface area contributed by atoms with Gasteiger partial charge in [0.05, 0.1) is 24.5 Å². The number of benzene rings is 1. The molecule has 1 aromatic carbocycles. The standard InChI is InChI=1S/C21H23N3O4/c1-28-19-9-6-13-12-14(7-8-17(13)23-19)22-18(25)10-11-24-20(26)15-4-2-3-5-16(15)21(24)27/h6-9,12,15-16H,2-5,10-11H2,1H3,(H,22,25)/t15-,16-/m0/s1. The van der Waals surface area contributed by atoms with Crippen molar-refractivity contribution in [2.75, 3.05) is 19.0 Å². The van der Waals surface area contributed by atoms with E-state index in [1.807, 2.05) is 18.2 Å². The molecule has 1 saturated heterocycles. The number of nitrogens with one attached hydrogen (secondary N) is 1. The Hall–Kier alpha value is -2.96. The number of carbonyl (C=O) groups excluding carboxylic acids is 3. The van der Waals surface area contributed by atoms with Gasteiger partial charge in [-0.15, -0.1) is 0 Å². The number of pyridine rings is 1. The van der Waals surface area contributed by atoms with E-state index in [0.717, 1.165) is 36.6 Å². The number of imide groups is 1. The minimum absolute atomic E-state index is 0.0931. The Balaban J connectivity index is 1.37. The number of ether oxygens (including phenoxy) is 1. The number of methoxy groups -OCH3 is 1. The molecule has 1 aliphatic heterocycles. The second-order valence-corrected chi connectivity index (χ2v) is 7.38. The van der Waals surface area contributed by atoms with E-state index in [1.54, 1.807) is 19.2 Å². The first-order valence-corrected chi connectivity index (χ1v) is 9.66. The van der Waals surface area contributed by atoms with Crippen LogP contribution in [0.1, 0.15) is 32.1 Å². The number of aromatic nitrogens is 1. The predicted molar refractivity (Wildman–Crippen MR) is 104 cm³/mol. The van der Waals surface area contributed by atoms with Gasteiger partial charge >= 0.3 is 0 Å². The summed E-state index contributed by atoms with van der Waals surface area (Å²) in [5.41, 5.74) is 1.42. The Bertz CT molecular complexity index is 918. The molecule has 7 nitrogen and oxygen atoms in total. The van der Waals surface area contributed by atoms with Crippen LogP contribution >= 0.6 is 0 Å². The molecule has 3 amide bonds. The Labute approximate surface area is 163 Å². The lowest BCUT2D eigenvalue weighted by atomic mass is 9.81. The van der Waals surface area contributed by atoms with Gasteiger partial charge in [-0.25, -0.2) is 4.98 Å². The third-order valence-electron chi connectivity index (χ3n) is 5.65. The molecule has 0 bridgehead atoms. The van der Waals surface area contributed by atoms with Gasteiger partial charge in [-0.3, -0.25) is 19.3 Å². The summed E-state index contributed by atoms with van der Waals surface area (Å²) in [5.74, 6) is -0.244. The molecule has 0 spiro atoms. The largest absolute Gasteiger partial charge is 0.481 e. The summed E-state index contributed by atoms with van der Waals surface area (Å²) < 4.78 is 5.11. The highest BCUT2D eigenvalue weighted by Gasteiger charge is 2.47. The smallest absolute Gasteiger partial charge is 0.233 e. The molecule has 7 heteroatoms. The maximum absolute atomic E-state index is 12.5. The van der Waals surface area contributed by atoms with Crippen molar-refractivity contribution in [2.45, 2.75) is 32.1 Å². The van der Waals surface area contributed by atoms with Gasteiger partial charge < -0.3 is 10.1 Å². The van der Waals surface area contributed by atoms with Crippen LogP contribution in [0.15, 0.2) is 30.3 Å². The second-order valence-electron chi connectivity index (χ2n) is 7.38. The zero-order valence-electron chi connectivity index (χ0n) is 15.8. The van der Waals surface area contributed by atoms with Gasteiger partial charge in [0.2, 0.25) is 23.6 Å². The maximum atomic E-state index is 12.5. The van der Waals surface area contributed by atoms with Gasteiger partial charge in [0.15, 0.2) is 0 Å². The summed E-state index contributed by atoms with van der Waals surface area (Å²) in [7, 11) is 1.56. The molecule has 0 radical (unpaired) electrons. The van der Waals surface area contributed by atoms with Crippen LogP contribution in [0.5, 0.6) is 5.88 Å². The average Bonchev–Trinajstić information content (AvgIpc) is 2.96. The van der Waals surface area contributed by atoms with E-state index in [0.29, 0.717) is 11.6 Å². The molecule has 1 aromatic heterocycles. The third-order valence-corrected chi connectivity index (χ3v) is 5.65. The van der Waals surface area contributed by atoms with Crippen LogP contribution in [0.25, 0.3) is 10.9 Å². The molecule has 1 saturated carbocycles. The molecule has 0 unspecified atom stereocenters.